The molecule has 0 spiro atoms. The number of aryl methyl sites for hydroxylation is 1. The molecule has 0 aromatic carbocycles. The Morgan fingerprint density at radius 3 is 2.68 bits per heavy atom. The highest BCUT2D eigenvalue weighted by Crippen LogP contribution is 2.07. The van der Waals surface area contributed by atoms with Crippen LogP contribution in [0.1, 0.15) is 64.2 Å². The highest BCUT2D eigenvalue weighted by atomic mass is 16.6. The van der Waals surface area contributed by atoms with Crippen LogP contribution in [0.3, 0.4) is 0 Å². The summed E-state index contributed by atoms with van der Waals surface area (Å²) in [5.74, 6) is -0.425. The minimum Gasteiger partial charge on any atom is -0.449 e. The van der Waals surface area contributed by atoms with Crippen LogP contribution in [-0.2, 0) is 11.2 Å². The number of amides is 1. The maximum Gasteiger partial charge on any atom is 0.542 e. The first kappa shape index (κ1) is 21.0. The molecule has 7 nitrogen and oxygen atoms in total. The number of hydrogen-bond acceptors (Lipinski definition) is 6. The molecular weight excluding hydrogens is 324 g/mol. The van der Waals surface area contributed by atoms with Crippen LogP contribution < -0.4 is 5.82 Å². The van der Waals surface area contributed by atoms with Gasteiger partial charge in [0.25, 0.3) is 0 Å². The van der Waals surface area contributed by atoms with Crippen LogP contribution in [0, 0.1) is 0 Å². The molecule has 1 amide bonds. The van der Waals surface area contributed by atoms with E-state index < -0.39 is 5.82 Å². The Bertz CT molecular complexity index is 538. The standard InChI is InChI=1S/C18H30N2O5/c1-3-5-6-10-14-20(13-4-2)17(21)23-15-11-8-7-9-12-16-19-25-18(22)24-16/h3H,1,4-15H2,2H3. The molecule has 0 fully saturated rings. The van der Waals surface area contributed by atoms with Gasteiger partial charge >= 0.3 is 11.9 Å². The van der Waals surface area contributed by atoms with Gasteiger partial charge in [0.05, 0.1) is 6.61 Å². The SMILES string of the molecule is C=CCCCCN(CCC)C(=O)OCCCCCCc1noc(=O)o1. The Balaban J connectivity index is 2.08. The van der Waals surface area contributed by atoms with E-state index in [0.717, 1.165) is 64.5 Å². The van der Waals surface area contributed by atoms with Crippen LogP contribution in [0.2, 0.25) is 0 Å². The number of aromatic nitrogens is 1. The second kappa shape index (κ2) is 13.3. The van der Waals surface area contributed by atoms with Gasteiger partial charge in [-0.25, -0.2) is 9.59 Å². The quantitative estimate of drug-likeness (QED) is 0.371. The lowest BCUT2D eigenvalue weighted by Gasteiger charge is -2.21. The van der Waals surface area contributed by atoms with Crippen LogP contribution >= 0.6 is 0 Å². The van der Waals surface area contributed by atoms with E-state index in [2.05, 4.69) is 23.2 Å². The number of hydrogen-bond donors (Lipinski definition) is 0. The van der Waals surface area contributed by atoms with Crippen molar-refractivity contribution in [2.75, 3.05) is 19.7 Å². The summed E-state index contributed by atoms with van der Waals surface area (Å²) < 4.78 is 14.4. The highest BCUT2D eigenvalue weighted by Gasteiger charge is 2.13. The molecule has 0 unspecified atom stereocenters. The molecule has 1 aromatic heterocycles. The zero-order chi connectivity index (χ0) is 18.3. The number of rotatable bonds is 14. The summed E-state index contributed by atoms with van der Waals surface area (Å²) in [6.07, 6.45) is 9.77. The molecule has 0 aliphatic heterocycles. The fourth-order valence-electron chi connectivity index (χ4n) is 2.46. The van der Waals surface area contributed by atoms with Crippen molar-refractivity contribution in [1.82, 2.24) is 10.1 Å². The van der Waals surface area contributed by atoms with Gasteiger partial charge in [-0.2, -0.15) is 0 Å². The summed E-state index contributed by atoms with van der Waals surface area (Å²) in [7, 11) is 0. The summed E-state index contributed by atoms with van der Waals surface area (Å²) >= 11 is 0. The van der Waals surface area contributed by atoms with Crippen LogP contribution in [0.15, 0.2) is 26.4 Å². The van der Waals surface area contributed by atoms with E-state index >= 15 is 0 Å². The molecule has 0 aliphatic carbocycles. The van der Waals surface area contributed by atoms with E-state index in [9.17, 15) is 9.59 Å². The van der Waals surface area contributed by atoms with Gasteiger partial charge in [-0.3, -0.25) is 4.52 Å². The van der Waals surface area contributed by atoms with Crippen molar-refractivity contribution in [3.63, 3.8) is 0 Å². The average molecular weight is 354 g/mol. The molecule has 0 aliphatic rings. The molecular formula is C18H30N2O5. The predicted octanol–water partition coefficient (Wildman–Crippen LogP) is 3.94. The second-order valence-electron chi connectivity index (χ2n) is 5.98. The number of nitrogens with zero attached hydrogens (tertiary/aromatic N) is 2. The highest BCUT2D eigenvalue weighted by molar-refractivity contribution is 5.67. The number of carbonyl (C=O) groups excluding carboxylic acids is 1. The Labute approximate surface area is 149 Å². The Kier molecular flexibility index (Phi) is 11.1. The van der Waals surface area contributed by atoms with Crippen molar-refractivity contribution in [2.24, 2.45) is 0 Å². The van der Waals surface area contributed by atoms with Gasteiger partial charge < -0.3 is 14.1 Å². The molecule has 0 bridgehead atoms. The van der Waals surface area contributed by atoms with Crippen molar-refractivity contribution in [3.8, 4) is 0 Å². The minimum atomic E-state index is -0.761. The first-order chi connectivity index (χ1) is 12.2. The molecule has 0 atom stereocenters. The predicted molar refractivity (Wildman–Crippen MR) is 94.5 cm³/mol. The normalized spacial score (nSPS) is 10.6. The van der Waals surface area contributed by atoms with Gasteiger partial charge in [-0.1, -0.05) is 25.8 Å². The smallest absolute Gasteiger partial charge is 0.449 e. The molecule has 142 valence electrons. The maximum absolute atomic E-state index is 12.1. The van der Waals surface area contributed by atoms with E-state index in [1.165, 1.54) is 0 Å². The lowest BCUT2D eigenvalue weighted by atomic mass is 10.1. The molecule has 0 saturated heterocycles. The summed E-state index contributed by atoms with van der Waals surface area (Å²) in [6, 6.07) is 0. The zero-order valence-corrected chi connectivity index (χ0v) is 15.2. The molecule has 7 heteroatoms. The van der Waals surface area contributed by atoms with Crippen molar-refractivity contribution < 1.29 is 18.5 Å². The number of ether oxygens (including phenoxy) is 1. The fraction of sp³-hybridized carbons (Fsp3) is 0.722. The van der Waals surface area contributed by atoms with Gasteiger partial charge in [0.1, 0.15) is 0 Å². The van der Waals surface area contributed by atoms with Crippen LogP contribution in [0.25, 0.3) is 0 Å². The van der Waals surface area contributed by atoms with Crippen molar-refractivity contribution >= 4 is 6.09 Å². The molecule has 1 rings (SSSR count). The van der Waals surface area contributed by atoms with E-state index in [0.29, 0.717) is 18.9 Å². The first-order valence-corrected chi connectivity index (χ1v) is 9.15. The Hall–Kier alpha value is -2.05. The second-order valence-corrected chi connectivity index (χ2v) is 5.98. The molecule has 0 radical (unpaired) electrons. The monoisotopic (exact) mass is 354 g/mol. The van der Waals surface area contributed by atoms with Crippen LogP contribution in [0.5, 0.6) is 0 Å². The van der Waals surface area contributed by atoms with E-state index in [1.54, 1.807) is 4.90 Å². The first-order valence-electron chi connectivity index (χ1n) is 9.15. The van der Waals surface area contributed by atoms with Crippen LogP contribution in [0.4, 0.5) is 4.79 Å². The fourth-order valence-corrected chi connectivity index (χ4v) is 2.46. The summed E-state index contributed by atoms with van der Waals surface area (Å²) in [4.78, 5) is 24.6. The lowest BCUT2D eigenvalue weighted by Crippen LogP contribution is -2.33. The van der Waals surface area contributed by atoms with Gasteiger partial charge in [-0.05, 0) is 43.7 Å². The Morgan fingerprint density at radius 2 is 2.00 bits per heavy atom. The molecule has 0 N–H and O–H groups in total. The molecule has 25 heavy (non-hydrogen) atoms. The van der Waals surface area contributed by atoms with Crippen molar-refractivity contribution in [3.05, 3.63) is 29.2 Å². The van der Waals surface area contributed by atoms with Gasteiger partial charge in [-0.15, -0.1) is 6.58 Å². The Morgan fingerprint density at radius 1 is 1.20 bits per heavy atom. The largest absolute Gasteiger partial charge is 0.542 e. The third-order valence-electron chi connectivity index (χ3n) is 3.77. The van der Waals surface area contributed by atoms with E-state index in [-0.39, 0.29) is 6.09 Å². The van der Waals surface area contributed by atoms with Crippen molar-refractivity contribution in [2.45, 2.75) is 64.7 Å². The zero-order valence-electron chi connectivity index (χ0n) is 15.2. The average Bonchev–Trinajstić information content (AvgIpc) is 3.02. The number of carbonyl (C=O) groups is 1. The molecule has 0 saturated carbocycles. The number of unbranched alkanes of at least 4 members (excludes halogenated alkanes) is 5. The van der Waals surface area contributed by atoms with Gasteiger partial charge in [0.15, 0.2) is 0 Å². The van der Waals surface area contributed by atoms with Gasteiger partial charge in [0.2, 0.25) is 5.89 Å². The summed E-state index contributed by atoms with van der Waals surface area (Å²) in [5.41, 5.74) is 0. The minimum absolute atomic E-state index is 0.218. The van der Waals surface area contributed by atoms with Crippen molar-refractivity contribution in [1.29, 1.82) is 0 Å². The topological polar surface area (TPSA) is 85.8 Å². The number of allylic oxidation sites excluding steroid dienone is 1. The van der Waals surface area contributed by atoms with Gasteiger partial charge in [0, 0.05) is 19.5 Å². The molecule has 1 heterocycles. The van der Waals surface area contributed by atoms with E-state index in [4.69, 9.17) is 9.15 Å². The third kappa shape index (κ3) is 9.74. The third-order valence-corrected chi connectivity index (χ3v) is 3.77. The molecule has 1 aromatic rings. The van der Waals surface area contributed by atoms with Crippen LogP contribution in [-0.4, -0.2) is 35.8 Å². The summed E-state index contributed by atoms with van der Waals surface area (Å²) in [5, 5.41) is 3.51. The maximum atomic E-state index is 12.1. The summed E-state index contributed by atoms with van der Waals surface area (Å²) in [6.45, 7) is 7.67. The lowest BCUT2D eigenvalue weighted by molar-refractivity contribution is 0.0998. The van der Waals surface area contributed by atoms with E-state index in [1.807, 2.05) is 6.08 Å².